The predicted octanol–water partition coefficient (Wildman–Crippen LogP) is 3.38. The number of piperazine rings is 1. The van der Waals surface area contributed by atoms with Crippen LogP contribution < -0.4 is 4.90 Å². The van der Waals surface area contributed by atoms with Gasteiger partial charge in [0.2, 0.25) is 0 Å². The molecule has 0 radical (unpaired) electrons. The first-order chi connectivity index (χ1) is 15.1. The Hall–Kier alpha value is -3.15. The average Bonchev–Trinajstić information content (AvgIpc) is 3.13. The normalized spacial score (nSPS) is 16.1. The second-order valence-electron chi connectivity index (χ2n) is 8.54. The van der Waals surface area contributed by atoms with Crippen LogP contribution in [0.4, 0.5) is 5.82 Å². The standard InChI is InChI=1S/C25H28N4O2/c1-3-20-22(19-8-4-6-18-7-5-11-29(20)23(18)19)24(30)25(31)28-14-12-27(13-15-28)21-16-17(2)9-10-26-21/h4,6,8-10,16H,3,5,7,11-15H2,1-2H3. The van der Waals surface area contributed by atoms with E-state index >= 15 is 0 Å². The van der Waals surface area contributed by atoms with Gasteiger partial charge < -0.3 is 14.4 Å². The molecule has 160 valence electrons. The third-order valence-electron chi connectivity index (χ3n) is 6.65. The Kier molecular flexibility index (Phi) is 5.00. The molecule has 0 unspecified atom stereocenters. The molecule has 2 aliphatic heterocycles. The Morgan fingerprint density at radius 1 is 1.06 bits per heavy atom. The van der Waals surface area contributed by atoms with Crippen molar-refractivity contribution in [3.8, 4) is 0 Å². The Morgan fingerprint density at radius 3 is 2.61 bits per heavy atom. The van der Waals surface area contributed by atoms with Gasteiger partial charge in [-0.2, -0.15) is 0 Å². The van der Waals surface area contributed by atoms with Gasteiger partial charge in [-0.25, -0.2) is 4.98 Å². The first kappa shape index (κ1) is 19.8. The molecule has 0 spiro atoms. The Labute approximate surface area is 182 Å². The predicted molar refractivity (Wildman–Crippen MR) is 122 cm³/mol. The molecule has 5 rings (SSSR count). The number of benzene rings is 1. The molecule has 0 atom stereocenters. The summed E-state index contributed by atoms with van der Waals surface area (Å²) in [6.45, 7) is 7.47. The highest BCUT2D eigenvalue weighted by atomic mass is 16.2. The summed E-state index contributed by atoms with van der Waals surface area (Å²) in [6.07, 6.45) is 4.66. The van der Waals surface area contributed by atoms with Crippen LogP contribution in [0.15, 0.2) is 36.5 Å². The monoisotopic (exact) mass is 416 g/mol. The number of pyridine rings is 1. The van der Waals surface area contributed by atoms with E-state index in [4.69, 9.17) is 0 Å². The lowest BCUT2D eigenvalue weighted by Gasteiger charge is -2.35. The van der Waals surface area contributed by atoms with E-state index in [1.54, 1.807) is 4.90 Å². The molecule has 31 heavy (non-hydrogen) atoms. The molecular formula is C25H28N4O2. The molecule has 1 aromatic carbocycles. The number of hydrogen-bond donors (Lipinski definition) is 0. The van der Waals surface area contributed by atoms with E-state index in [-0.39, 0.29) is 11.7 Å². The van der Waals surface area contributed by atoms with Gasteiger partial charge in [0, 0.05) is 50.0 Å². The van der Waals surface area contributed by atoms with Crippen molar-refractivity contribution in [3.05, 3.63) is 58.9 Å². The van der Waals surface area contributed by atoms with E-state index in [1.807, 2.05) is 31.3 Å². The van der Waals surface area contributed by atoms with Gasteiger partial charge in [-0.05, 0) is 49.4 Å². The molecule has 0 bridgehead atoms. The lowest BCUT2D eigenvalue weighted by molar-refractivity contribution is -0.126. The Balaban J connectivity index is 1.40. The van der Waals surface area contributed by atoms with Crippen LogP contribution in [-0.4, -0.2) is 52.3 Å². The quantitative estimate of drug-likeness (QED) is 0.483. The molecule has 3 aromatic rings. The highest BCUT2D eigenvalue weighted by molar-refractivity contribution is 6.45. The first-order valence-electron chi connectivity index (χ1n) is 11.2. The van der Waals surface area contributed by atoms with Crippen molar-refractivity contribution in [2.75, 3.05) is 31.1 Å². The maximum atomic E-state index is 13.5. The fraction of sp³-hybridized carbons (Fsp3) is 0.400. The molecule has 6 nitrogen and oxygen atoms in total. The van der Waals surface area contributed by atoms with Crippen LogP contribution in [0, 0.1) is 6.92 Å². The van der Waals surface area contributed by atoms with Crippen LogP contribution in [0.2, 0.25) is 0 Å². The van der Waals surface area contributed by atoms with Crippen LogP contribution in [-0.2, 0) is 24.2 Å². The molecule has 2 aliphatic rings. The number of anilines is 1. The third kappa shape index (κ3) is 3.30. The molecule has 2 aromatic heterocycles. The van der Waals surface area contributed by atoms with Crippen molar-refractivity contribution in [2.24, 2.45) is 0 Å². The van der Waals surface area contributed by atoms with Gasteiger partial charge >= 0.3 is 0 Å². The van der Waals surface area contributed by atoms with E-state index < -0.39 is 0 Å². The van der Waals surface area contributed by atoms with Crippen molar-refractivity contribution in [1.29, 1.82) is 0 Å². The number of carbonyl (C=O) groups is 2. The maximum Gasteiger partial charge on any atom is 0.295 e. The lowest BCUT2D eigenvalue weighted by atomic mass is 10.0. The van der Waals surface area contributed by atoms with Gasteiger partial charge in [0.1, 0.15) is 5.82 Å². The highest BCUT2D eigenvalue weighted by Crippen LogP contribution is 2.34. The smallest absolute Gasteiger partial charge is 0.295 e. The number of para-hydroxylation sites is 1. The highest BCUT2D eigenvalue weighted by Gasteiger charge is 2.32. The molecule has 1 amide bonds. The van der Waals surface area contributed by atoms with Crippen LogP contribution in [0.3, 0.4) is 0 Å². The SMILES string of the molecule is CCc1c(C(=O)C(=O)N2CCN(c3cc(C)ccn3)CC2)c2cccc3c2n1CCC3. The number of carbonyl (C=O) groups excluding carboxylic acids is 2. The minimum atomic E-state index is -0.379. The lowest BCUT2D eigenvalue weighted by Crippen LogP contribution is -2.51. The summed E-state index contributed by atoms with van der Waals surface area (Å²) in [5, 5.41) is 0.940. The van der Waals surface area contributed by atoms with Gasteiger partial charge in [0.15, 0.2) is 0 Å². The zero-order valence-electron chi connectivity index (χ0n) is 18.2. The molecule has 1 saturated heterocycles. The number of hydrogen-bond acceptors (Lipinski definition) is 4. The van der Waals surface area contributed by atoms with E-state index in [0.29, 0.717) is 31.7 Å². The van der Waals surface area contributed by atoms with Crippen molar-refractivity contribution in [3.63, 3.8) is 0 Å². The topological polar surface area (TPSA) is 58.4 Å². The van der Waals surface area contributed by atoms with Crippen LogP contribution in [0.5, 0.6) is 0 Å². The zero-order valence-corrected chi connectivity index (χ0v) is 18.2. The minimum absolute atomic E-state index is 0.359. The van der Waals surface area contributed by atoms with Crippen molar-refractivity contribution in [2.45, 2.75) is 39.7 Å². The summed E-state index contributed by atoms with van der Waals surface area (Å²) in [4.78, 5) is 35.0. The summed E-state index contributed by atoms with van der Waals surface area (Å²) in [6, 6.07) is 10.2. The zero-order chi connectivity index (χ0) is 21.5. The molecule has 6 heteroatoms. The number of rotatable bonds is 4. The Bertz CT molecular complexity index is 1170. The van der Waals surface area contributed by atoms with Crippen molar-refractivity contribution in [1.82, 2.24) is 14.5 Å². The second kappa shape index (κ2) is 7.84. The van der Waals surface area contributed by atoms with Gasteiger partial charge in [-0.1, -0.05) is 25.1 Å². The van der Waals surface area contributed by atoms with E-state index in [0.717, 1.165) is 48.2 Å². The van der Waals surface area contributed by atoms with Gasteiger partial charge in [-0.3, -0.25) is 9.59 Å². The number of nitrogens with zero attached hydrogens (tertiary/aromatic N) is 4. The minimum Gasteiger partial charge on any atom is -0.353 e. The van der Waals surface area contributed by atoms with Gasteiger partial charge in [0.25, 0.3) is 11.7 Å². The molecule has 0 saturated carbocycles. The average molecular weight is 417 g/mol. The largest absolute Gasteiger partial charge is 0.353 e. The fourth-order valence-corrected chi connectivity index (χ4v) is 5.12. The number of ketones is 1. The molecular weight excluding hydrogens is 388 g/mol. The molecule has 0 aliphatic carbocycles. The molecule has 1 fully saturated rings. The first-order valence-corrected chi connectivity index (χ1v) is 11.2. The van der Waals surface area contributed by atoms with E-state index in [9.17, 15) is 9.59 Å². The van der Waals surface area contributed by atoms with E-state index in [1.165, 1.54) is 11.1 Å². The third-order valence-corrected chi connectivity index (χ3v) is 6.65. The van der Waals surface area contributed by atoms with Crippen molar-refractivity contribution >= 4 is 28.4 Å². The number of aromatic nitrogens is 2. The molecule has 4 heterocycles. The van der Waals surface area contributed by atoms with Crippen LogP contribution in [0.1, 0.15) is 40.5 Å². The summed E-state index contributed by atoms with van der Waals surface area (Å²) < 4.78 is 2.27. The van der Waals surface area contributed by atoms with E-state index in [2.05, 4.69) is 33.5 Å². The summed E-state index contributed by atoms with van der Waals surface area (Å²) in [5.41, 5.74) is 5.22. The van der Waals surface area contributed by atoms with Crippen LogP contribution >= 0.6 is 0 Å². The summed E-state index contributed by atoms with van der Waals surface area (Å²) in [7, 11) is 0. The maximum absolute atomic E-state index is 13.5. The van der Waals surface area contributed by atoms with Crippen LogP contribution in [0.25, 0.3) is 10.9 Å². The van der Waals surface area contributed by atoms with Crippen molar-refractivity contribution < 1.29 is 9.59 Å². The summed E-state index contributed by atoms with van der Waals surface area (Å²) in [5.74, 6) is 0.192. The van der Waals surface area contributed by atoms with Gasteiger partial charge in [0.05, 0.1) is 11.1 Å². The fourth-order valence-electron chi connectivity index (χ4n) is 5.12. The second-order valence-corrected chi connectivity index (χ2v) is 8.54. The number of amides is 1. The molecule has 0 N–H and O–H groups in total. The van der Waals surface area contributed by atoms with Gasteiger partial charge in [-0.15, -0.1) is 0 Å². The summed E-state index contributed by atoms with van der Waals surface area (Å²) >= 11 is 0. The number of Topliss-reactive ketones (excluding diaryl/α,β-unsaturated/α-hetero) is 1. The number of aryl methyl sites for hydroxylation is 3. The Morgan fingerprint density at radius 2 is 1.87 bits per heavy atom.